The predicted molar refractivity (Wildman–Crippen MR) is 80.9 cm³/mol. The third kappa shape index (κ3) is 4.09. The van der Waals surface area contributed by atoms with Crippen molar-refractivity contribution in [3.63, 3.8) is 0 Å². The van der Waals surface area contributed by atoms with E-state index in [1.165, 1.54) is 0 Å². The highest BCUT2D eigenvalue weighted by Crippen LogP contribution is 2.12. The Morgan fingerprint density at radius 1 is 1.00 bits per heavy atom. The maximum atomic E-state index is 12.1. The van der Waals surface area contributed by atoms with Crippen LogP contribution in [0, 0.1) is 0 Å². The molecule has 2 aromatic rings. The molecular formula is C18H18O2. The molecule has 2 aromatic carbocycles. The van der Waals surface area contributed by atoms with Gasteiger partial charge in [-0.05, 0) is 23.6 Å². The highest BCUT2D eigenvalue weighted by molar-refractivity contribution is 5.93. The van der Waals surface area contributed by atoms with Crippen molar-refractivity contribution in [3.05, 3.63) is 77.4 Å². The SMILES string of the molecule is CCC(=Cc1ccccc1)C(=O)OCc1ccccc1. The fraction of sp³-hybridized carbons (Fsp3) is 0.167. The van der Waals surface area contributed by atoms with E-state index in [9.17, 15) is 4.79 Å². The molecule has 0 spiro atoms. The van der Waals surface area contributed by atoms with Crippen LogP contribution in [0.25, 0.3) is 6.08 Å². The second-order valence-electron chi connectivity index (χ2n) is 4.50. The van der Waals surface area contributed by atoms with E-state index in [0.717, 1.165) is 11.1 Å². The van der Waals surface area contributed by atoms with Crippen LogP contribution in [0.4, 0.5) is 0 Å². The molecule has 0 aliphatic carbocycles. The largest absolute Gasteiger partial charge is 0.457 e. The van der Waals surface area contributed by atoms with Gasteiger partial charge in [0.05, 0.1) is 0 Å². The van der Waals surface area contributed by atoms with Crippen molar-refractivity contribution in [1.29, 1.82) is 0 Å². The summed E-state index contributed by atoms with van der Waals surface area (Å²) in [5, 5.41) is 0. The van der Waals surface area contributed by atoms with Gasteiger partial charge in [-0.3, -0.25) is 0 Å². The Labute approximate surface area is 119 Å². The summed E-state index contributed by atoms with van der Waals surface area (Å²) >= 11 is 0. The molecule has 0 heterocycles. The summed E-state index contributed by atoms with van der Waals surface area (Å²) in [5.74, 6) is -0.250. The number of hydrogen-bond acceptors (Lipinski definition) is 2. The summed E-state index contributed by atoms with van der Waals surface area (Å²) in [6, 6.07) is 19.5. The lowest BCUT2D eigenvalue weighted by Gasteiger charge is -2.07. The summed E-state index contributed by atoms with van der Waals surface area (Å²) in [6.07, 6.45) is 2.54. The van der Waals surface area contributed by atoms with Crippen molar-refractivity contribution >= 4 is 12.0 Å². The van der Waals surface area contributed by atoms with Crippen molar-refractivity contribution in [2.75, 3.05) is 0 Å². The molecule has 0 saturated heterocycles. The second kappa shape index (κ2) is 7.29. The average Bonchev–Trinajstić information content (AvgIpc) is 2.52. The molecule has 0 atom stereocenters. The highest BCUT2D eigenvalue weighted by Gasteiger charge is 2.09. The topological polar surface area (TPSA) is 26.3 Å². The number of benzene rings is 2. The van der Waals surface area contributed by atoms with Gasteiger partial charge in [0, 0.05) is 5.57 Å². The number of hydrogen-bond donors (Lipinski definition) is 0. The van der Waals surface area contributed by atoms with Crippen LogP contribution in [-0.4, -0.2) is 5.97 Å². The van der Waals surface area contributed by atoms with Crippen molar-refractivity contribution in [1.82, 2.24) is 0 Å². The molecule has 0 N–H and O–H groups in total. The summed E-state index contributed by atoms with van der Waals surface area (Å²) < 4.78 is 5.35. The van der Waals surface area contributed by atoms with E-state index in [1.807, 2.05) is 73.7 Å². The van der Waals surface area contributed by atoms with Crippen LogP contribution in [0.5, 0.6) is 0 Å². The maximum Gasteiger partial charge on any atom is 0.334 e. The monoisotopic (exact) mass is 266 g/mol. The van der Waals surface area contributed by atoms with E-state index in [4.69, 9.17) is 4.74 Å². The highest BCUT2D eigenvalue weighted by atomic mass is 16.5. The molecule has 2 nitrogen and oxygen atoms in total. The van der Waals surface area contributed by atoms with Gasteiger partial charge in [0.15, 0.2) is 0 Å². The number of carbonyl (C=O) groups excluding carboxylic acids is 1. The first-order valence-corrected chi connectivity index (χ1v) is 6.76. The molecule has 0 bridgehead atoms. The molecular weight excluding hydrogens is 248 g/mol. The van der Waals surface area contributed by atoms with Crippen molar-refractivity contribution in [2.24, 2.45) is 0 Å². The van der Waals surface area contributed by atoms with Crippen molar-refractivity contribution in [3.8, 4) is 0 Å². The van der Waals surface area contributed by atoms with Crippen LogP contribution in [0.3, 0.4) is 0 Å². The van der Waals surface area contributed by atoms with E-state index < -0.39 is 0 Å². The lowest BCUT2D eigenvalue weighted by molar-refractivity contribution is -0.140. The van der Waals surface area contributed by atoms with E-state index in [1.54, 1.807) is 0 Å². The normalized spacial score (nSPS) is 11.2. The summed E-state index contributed by atoms with van der Waals surface area (Å²) in [7, 11) is 0. The summed E-state index contributed by atoms with van der Waals surface area (Å²) in [4.78, 5) is 12.1. The molecule has 0 radical (unpaired) electrons. The Kier molecular flexibility index (Phi) is 5.13. The molecule has 0 aliphatic rings. The quantitative estimate of drug-likeness (QED) is 0.598. The lowest BCUT2D eigenvalue weighted by atomic mass is 10.1. The first kappa shape index (κ1) is 14.1. The molecule has 0 aromatic heterocycles. The van der Waals surface area contributed by atoms with Crippen LogP contribution >= 0.6 is 0 Å². The number of esters is 1. The van der Waals surface area contributed by atoms with Gasteiger partial charge in [-0.2, -0.15) is 0 Å². The van der Waals surface area contributed by atoms with Crippen LogP contribution < -0.4 is 0 Å². The molecule has 2 heteroatoms. The Morgan fingerprint density at radius 2 is 1.60 bits per heavy atom. The fourth-order valence-electron chi connectivity index (χ4n) is 1.87. The van der Waals surface area contributed by atoms with Gasteiger partial charge < -0.3 is 4.74 Å². The third-order valence-electron chi connectivity index (χ3n) is 3.00. The molecule has 0 fully saturated rings. The van der Waals surface area contributed by atoms with E-state index in [2.05, 4.69) is 0 Å². The minimum atomic E-state index is -0.250. The Morgan fingerprint density at radius 3 is 2.20 bits per heavy atom. The first-order valence-electron chi connectivity index (χ1n) is 6.76. The molecule has 0 saturated carbocycles. The van der Waals surface area contributed by atoms with Crippen molar-refractivity contribution in [2.45, 2.75) is 20.0 Å². The smallest absolute Gasteiger partial charge is 0.334 e. The molecule has 2 rings (SSSR count). The standard InChI is InChI=1S/C18H18O2/c1-2-17(13-15-9-5-3-6-10-15)18(19)20-14-16-11-7-4-8-12-16/h3-13H,2,14H2,1H3. The maximum absolute atomic E-state index is 12.1. The van der Waals surface area contributed by atoms with Gasteiger partial charge in [-0.1, -0.05) is 67.6 Å². The molecule has 0 amide bonds. The minimum Gasteiger partial charge on any atom is -0.457 e. The summed E-state index contributed by atoms with van der Waals surface area (Å²) in [6.45, 7) is 2.27. The molecule has 0 unspecified atom stereocenters. The Balaban J connectivity index is 2.01. The van der Waals surface area contributed by atoms with Crippen LogP contribution in [0.1, 0.15) is 24.5 Å². The Hall–Kier alpha value is -2.35. The molecule has 0 aliphatic heterocycles. The second-order valence-corrected chi connectivity index (χ2v) is 4.50. The van der Waals surface area contributed by atoms with Gasteiger partial charge in [0.2, 0.25) is 0 Å². The van der Waals surface area contributed by atoms with Gasteiger partial charge in [-0.25, -0.2) is 4.79 Å². The van der Waals surface area contributed by atoms with Crippen LogP contribution in [0.2, 0.25) is 0 Å². The zero-order chi connectivity index (χ0) is 14.2. The zero-order valence-corrected chi connectivity index (χ0v) is 11.6. The molecule has 102 valence electrons. The van der Waals surface area contributed by atoms with Crippen LogP contribution in [-0.2, 0) is 16.1 Å². The predicted octanol–water partition coefficient (Wildman–Crippen LogP) is 4.22. The number of rotatable bonds is 5. The summed E-state index contributed by atoms with van der Waals surface area (Å²) in [5.41, 5.74) is 2.70. The van der Waals surface area contributed by atoms with E-state index >= 15 is 0 Å². The van der Waals surface area contributed by atoms with E-state index in [0.29, 0.717) is 18.6 Å². The van der Waals surface area contributed by atoms with Gasteiger partial charge in [-0.15, -0.1) is 0 Å². The van der Waals surface area contributed by atoms with E-state index in [-0.39, 0.29) is 5.97 Å². The zero-order valence-electron chi connectivity index (χ0n) is 11.6. The van der Waals surface area contributed by atoms with Gasteiger partial charge in [0.25, 0.3) is 0 Å². The minimum absolute atomic E-state index is 0.250. The number of carbonyl (C=O) groups is 1. The Bertz CT molecular complexity index is 571. The fourth-order valence-corrected chi connectivity index (χ4v) is 1.87. The van der Waals surface area contributed by atoms with Gasteiger partial charge >= 0.3 is 5.97 Å². The third-order valence-corrected chi connectivity index (χ3v) is 3.00. The lowest BCUT2D eigenvalue weighted by Crippen LogP contribution is -2.07. The van der Waals surface area contributed by atoms with Crippen LogP contribution in [0.15, 0.2) is 66.2 Å². The van der Waals surface area contributed by atoms with Gasteiger partial charge in [0.1, 0.15) is 6.61 Å². The average molecular weight is 266 g/mol. The first-order chi connectivity index (χ1) is 9.79. The van der Waals surface area contributed by atoms with Crippen molar-refractivity contribution < 1.29 is 9.53 Å². The number of ether oxygens (including phenoxy) is 1. The molecule has 20 heavy (non-hydrogen) atoms.